The SMILES string of the molecule is Cc1cc2nc(Cl)c(Cn3ccc4c(C=NNC(=O)c5ccc(O)c(C#N)c5)cccc43)nc2cc1C. The first-order valence-electron chi connectivity index (χ1n) is 11.4. The highest BCUT2D eigenvalue weighted by atomic mass is 35.5. The molecule has 0 aliphatic carbocycles. The van der Waals surface area contributed by atoms with E-state index in [4.69, 9.17) is 21.8 Å². The lowest BCUT2D eigenvalue weighted by Gasteiger charge is -2.10. The molecule has 0 aliphatic rings. The standard InChI is InChI=1S/C28H21ClN6O2/c1-16-10-22-23(11-17(16)2)33-27(29)24(32-22)15-35-9-8-21-19(4-3-5-25(21)35)14-31-34-28(37)18-6-7-26(36)20(12-18)13-30/h3-12,14,36H,15H2,1-2H3,(H,34,37). The number of nitriles is 1. The van der Waals surface area contributed by atoms with Crippen LogP contribution in [-0.4, -0.2) is 31.8 Å². The first-order chi connectivity index (χ1) is 17.8. The summed E-state index contributed by atoms with van der Waals surface area (Å²) in [5.74, 6) is -0.674. The number of benzene rings is 3. The lowest BCUT2D eigenvalue weighted by molar-refractivity contribution is 0.0955. The molecular formula is C28H21ClN6O2. The van der Waals surface area contributed by atoms with Crippen LogP contribution in [0.2, 0.25) is 5.15 Å². The van der Waals surface area contributed by atoms with Crippen molar-refractivity contribution in [1.82, 2.24) is 20.0 Å². The summed E-state index contributed by atoms with van der Waals surface area (Å²) >= 11 is 6.49. The van der Waals surface area contributed by atoms with Gasteiger partial charge in [0, 0.05) is 28.2 Å². The Kier molecular flexibility index (Phi) is 6.30. The van der Waals surface area contributed by atoms with Crippen molar-refractivity contribution < 1.29 is 9.90 Å². The van der Waals surface area contributed by atoms with E-state index in [0.717, 1.165) is 38.6 Å². The van der Waals surface area contributed by atoms with Gasteiger partial charge in [0.15, 0.2) is 5.15 Å². The zero-order valence-electron chi connectivity index (χ0n) is 20.0. The Hall–Kier alpha value is -4.74. The van der Waals surface area contributed by atoms with Crippen LogP contribution in [0.25, 0.3) is 21.9 Å². The smallest absolute Gasteiger partial charge is 0.271 e. The number of carbonyl (C=O) groups is 1. The van der Waals surface area contributed by atoms with Gasteiger partial charge in [-0.3, -0.25) is 4.79 Å². The van der Waals surface area contributed by atoms with Gasteiger partial charge >= 0.3 is 0 Å². The molecule has 0 atom stereocenters. The van der Waals surface area contributed by atoms with Crippen LogP contribution in [0.3, 0.4) is 0 Å². The topological polar surface area (TPSA) is 116 Å². The molecule has 9 heteroatoms. The minimum atomic E-state index is -0.493. The number of amides is 1. The quantitative estimate of drug-likeness (QED) is 0.248. The van der Waals surface area contributed by atoms with Crippen molar-refractivity contribution in [1.29, 1.82) is 5.26 Å². The van der Waals surface area contributed by atoms with Gasteiger partial charge in [-0.2, -0.15) is 10.4 Å². The van der Waals surface area contributed by atoms with Crippen molar-refractivity contribution in [2.24, 2.45) is 5.10 Å². The van der Waals surface area contributed by atoms with Crippen LogP contribution in [0.1, 0.15) is 38.3 Å². The number of hydrogen-bond acceptors (Lipinski definition) is 6. The molecule has 0 saturated heterocycles. The second kappa shape index (κ2) is 9.72. The van der Waals surface area contributed by atoms with Gasteiger partial charge in [-0.05, 0) is 67.4 Å². The Labute approximate surface area is 217 Å². The van der Waals surface area contributed by atoms with E-state index in [1.165, 1.54) is 18.2 Å². The van der Waals surface area contributed by atoms with Gasteiger partial charge < -0.3 is 9.67 Å². The van der Waals surface area contributed by atoms with Gasteiger partial charge in [-0.25, -0.2) is 15.4 Å². The van der Waals surface area contributed by atoms with E-state index in [9.17, 15) is 9.90 Å². The number of phenols is 1. The number of nitrogens with one attached hydrogen (secondary N) is 1. The summed E-state index contributed by atoms with van der Waals surface area (Å²) in [4.78, 5) is 21.7. The Morgan fingerprint density at radius 1 is 1.14 bits per heavy atom. The molecule has 2 N–H and O–H groups in total. The highest BCUT2D eigenvalue weighted by molar-refractivity contribution is 6.30. The zero-order valence-corrected chi connectivity index (χ0v) is 20.8. The molecule has 0 aliphatic heterocycles. The Balaban J connectivity index is 1.38. The van der Waals surface area contributed by atoms with Crippen LogP contribution in [0.15, 0.2) is 65.9 Å². The van der Waals surface area contributed by atoms with Crippen LogP contribution in [0.5, 0.6) is 5.75 Å². The molecular weight excluding hydrogens is 488 g/mol. The first kappa shape index (κ1) is 24.0. The maximum absolute atomic E-state index is 12.4. The second-order valence-corrected chi connectivity index (χ2v) is 9.01. The van der Waals surface area contributed by atoms with Gasteiger partial charge in [0.2, 0.25) is 0 Å². The lowest BCUT2D eigenvalue weighted by atomic mass is 10.1. The minimum absolute atomic E-state index is 0.0178. The summed E-state index contributed by atoms with van der Waals surface area (Å²) in [6.07, 6.45) is 3.51. The molecule has 5 aromatic rings. The van der Waals surface area contributed by atoms with Crippen LogP contribution in [0.4, 0.5) is 0 Å². The van der Waals surface area contributed by atoms with E-state index < -0.39 is 5.91 Å². The van der Waals surface area contributed by atoms with Crippen LogP contribution in [-0.2, 0) is 6.54 Å². The third-order valence-electron chi connectivity index (χ3n) is 6.22. The second-order valence-electron chi connectivity index (χ2n) is 8.65. The van der Waals surface area contributed by atoms with Gasteiger partial charge in [-0.15, -0.1) is 0 Å². The number of hydrogen-bond donors (Lipinski definition) is 2. The fraction of sp³-hybridized carbons (Fsp3) is 0.107. The average molecular weight is 509 g/mol. The minimum Gasteiger partial charge on any atom is -0.507 e. The number of aromatic nitrogens is 3. The first-order valence-corrected chi connectivity index (χ1v) is 11.8. The normalized spacial score (nSPS) is 11.3. The third kappa shape index (κ3) is 4.73. The molecule has 37 heavy (non-hydrogen) atoms. The number of nitrogens with zero attached hydrogens (tertiary/aromatic N) is 5. The van der Waals surface area contributed by atoms with Crippen molar-refractivity contribution in [3.8, 4) is 11.8 Å². The molecule has 0 unspecified atom stereocenters. The van der Waals surface area contributed by atoms with Gasteiger partial charge in [-0.1, -0.05) is 23.7 Å². The molecule has 8 nitrogen and oxygen atoms in total. The van der Waals surface area contributed by atoms with Crippen molar-refractivity contribution >= 4 is 45.7 Å². The predicted octanol–water partition coefficient (Wildman–Crippen LogP) is 5.24. The summed E-state index contributed by atoms with van der Waals surface area (Å²) in [5, 5.41) is 24.0. The predicted molar refractivity (Wildman–Crippen MR) is 143 cm³/mol. The van der Waals surface area contributed by atoms with E-state index in [1.54, 1.807) is 6.21 Å². The van der Waals surface area contributed by atoms with E-state index in [0.29, 0.717) is 17.4 Å². The number of rotatable bonds is 5. The molecule has 182 valence electrons. The van der Waals surface area contributed by atoms with Crippen LogP contribution in [0, 0.1) is 25.2 Å². The number of aryl methyl sites for hydroxylation is 2. The number of aromatic hydroxyl groups is 1. The molecule has 0 bridgehead atoms. The zero-order chi connectivity index (χ0) is 26.1. The van der Waals surface area contributed by atoms with E-state index in [2.05, 4.69) is 15.5 Å². The van der Waals surface area contributed by atoms with Gasteiger partial charge in [0.1, 0.15) is 11.8 Å². The van der Waals surface area contributed by atoms with Crippen LogP contribution < -0.4 is 5.43 Å². The molecule has 3 aromatic carbocycles. The van der Waals surface area contributed by atoms with Crippen LogP contribution >= 0.6 is 11.6 Å². The monoisotopic (exact) mass is 508 g/mol. The van der Waals surface area contributed by atoms with Crippen molar-refractivity contribution in [2.45, 2.75) is 20.4 Å². The highest BCUT2D eigenvalue weighted by Gasteiger charge is 2.12. The van der Waals surface area contributed by atoms with Crippen molar-refractivity contribution in [3.05, 3.63) is 99.5 Å². The largest absolute Gasteiger partial charge is 0.507 e. The number of carbonyl (C=O) groups excluding carboxylic acids is 1. The maximum Gasteiger partial charge on any atom is 0.271 e. The fourth-order valence-electron chi connectivity index (χ4n) is 4.08. The summed E-state index contributed by atoms with van der Waals surface area (Å²) < 4.78 is 2.04. The van der Waals surface area contributed by atoms with E-state index in [-0.39, 0.29) is 16.9 Å². The fourth-order valence-corrected chi connectivity index (χ4v) is 4.27. The molecule has 0 radical (unpaired) electrons. The Bertz CT molecular complexity index is 1770. The van der Waals surface area contributed by atoms with Crippen molar-refractivity contribution in [3.63, 3.8) is 0 Å². The summed E-state index contributed by atoms with van der Waals surface area (Å²) in [6, 6.07) is 17.6. The molecule has 1 amide bonds. The third-order valence-corrected chi connectivity index (χ3v) is 6.52. The molecule has 2 aromatic heterocycles. The summed E-state index contributed by atoms with van der Waals surface area (Å²) in [7, 11) is 0. The van der Waals surface area contributed by atoms with Gasteiger partial charge in [0.25, 0.3) is 5.91 Å². The number of halogens is 1. The Morgan fingerprint density at radius 3 is 2.65 bits per heavy atom. The summed E-state index contributed by atoms with van der Waals surface area (Å²) in [6.45, 7) is 4.52. The molecule has 0 fully saturated rings. The summed E-state index contributed by atoms with van der Waals surface area (Å²) in [5.41, 5.74) is 8.99. The van der Waals surface area contributed by atoms with E-state index in [1.807, 2.05) is 67.1 Å². The molecule has 0 spiro atoms. The van der Waals surface area contributed by atoms with Crippen molar-refractivity contribution in [2.75, 3.05) is 0 Å². The molecule has 2 heterocycles. The Morgan fingerprint density at radius 2 is 1.89 bits per heavy atom. The molecule has 0 saturated carbocycles. The number of phenolic OH excluding ortho intramolecular Hbond substituents is 1. The number of fused-ring (bicyclic) bond motifs is 2. The highest BCUT2D eigenvalue weighted by Crippen LogP contribution is 2.24. The number of hydrazone groups is 1. The maximum atomic E-state index is 12.4. The molecule has 5 rings (SSSR count). The van der Waals surface area contributed by atoms with E-state index >= 15 is 0 Å². The van der Waals surface area contributed by atoms with Gasteiger partial charge in [0.05, 0.1) is 35.1 Å². The lowest BCUT2D eigenvalue weighted by Crippen LogP contribution is -2.17. The average Bonchev–Trinajstić information content (AvgIpc) is 3.29.